The van der Waals surface area contributed by atoms with E-state index in [1.807, 2.05) is 0 Å². The van der Waals surface area contributed by atoms with E-state index in [9.17, 15) is 13.6 Å². The van der Waals surface area contributed by atoms with Crippen molar-refractivity contribution in [2.75, 3.05) is 25.6 Å². The fourth-order valence-corrected chi connectivity index (χ4v) is 3.97. The highest BCUT2D eigenvalue weighted by atomic mass is 19.3. The molecule has 0 N–H and O–H groups in total. The van der Waals surface area contributed by atoms with Crippen molar-refractivity contribution >= 4 is 17.7 Å². The van der Waals surface area contributed by atoms with Crippen LogP contribution in [0.3, 0.4) is 0 Å². The number of anilines is 2. The standard InChI is InChI=1S/C20H25F2N5O2/c1-12-10-23-17(9-14(12)18(21)22)25(2)19-15-11-26(20(28)29-3)8-7-16(15)27(24-19)13-5-4-6-13/h9-10,13,18H,4-8,11H2,1-3H3. The molecule has 0 spiro atoms. The summed E-state index contributed by atoms with van der Waals surface area (Å²) in [4.78, 5) is 19.8. The third kappa shape index (κ3) is 3.42. The van der Waals surface area contributed by atoms with Gasteiger partial charge in [-0.2, -0.15) is 5.10 Å². The summed E-state index contributed by atoms with van der Waals surface area (Å²) in [5.74, 6) is 1.05. The lowest BCUT2D eigenvalue weighted by Crippen LogP contribution is -2.37. The van der Waals surface area contributed by atoms with E-state index in [1.54, 1.807) is 23.8 Å². The Balaban J connectivity index is 1.74. The van der Waals surface area contributed by atoms with Crippen LogP contribution in [-0.2, 0) is 17.7 Å². The van der Waals surface area contributed by atoms with Gasteiger partial charge < -0.3 is 14.5 Å². The zero-order valence-corrected chi connectivity index (χ0v) is 16.9. The molecule has 3 heterocycles. The van der Waals surface area contributed by atoms with E-state index < -0.39 is 6.43 Å². The highest BCUT2D eigenvalue weighted by molar-refractivity contribution is 5.69. The molecule has 9 heteroatoms. The average molecular weight is 405 g/mol. The fourth-order valence-electron chi connectivity index (χ4n) is 3.97. The molecule has 0 saturated heterocycles. The van der Waals surface area contributed by atoms with Gasteiger partial charge in [0.2, 0.25) is 0 Å². The maximum absolute atomic E-state index is 13.4. The van der Waals surface area contributed by atoms with Crippen molar-refractivity contribution in [2.24, 2.45) is 0 Å². The van der Waals surface area contributed by atoms with Crippen LogP contribution in [-0.4, -0.2) is 46.5 Å². The Hall–Kier alpha value is -2.71. The van der Waals surface area contributed by atoms with Crippen LogP contribution in [0.1, 0.15) is 54.1 Å². The molecule has 0 radical (unpaired) electrons. The average Bonchev–Trinajstić information content (AvgIpc) is 3.04. The number of carbonyl (C=O) groups excluding carboxylic acids is 1. The van der Waals surface area contributed by atoms with Gasteiger partial charge in [0.25, 0.3) is 6.43 Å². The summed E-state index contributed by atoms with van der Waals surface area (Å²) in [6.45, 7) is 2.57. The lowest BCUT2D eigenvalue weighted by molar-refractivity contribution is 0.118. The number of aryl methyl sites for hydroxylation is 1. The smallest absolute Gasteiger partial charge is 0.409 e. The quantitative estimate of drug-likeness (QED) is 0.765. The maximum Gasteiger partial charge on any atom is 0.409 e. The highest BCUT2D eigenvalue weighted by Gasteiger charge is 2.33. The van der Waals surface area contributed by atoms with Crippen LogP contribution in [0.25, 0.3) is 0 Å². The van der Waals surface area contributed by atoms with Gasteiger partial charge in [-0.25, -0.2) is 18.6 Å². The van der Waals surface area contributed by atoms with Gasteiger partial charge >= 0.3 is 6.09 Å². The lowest BCUT2D eigenvalue weighted by Gasteiger charge is -2.31. The van der Waals surface area contributed by atoms with E-state index in [1.165, 1.54) is 25.8 Å². The van der Waals surface area contributed by atoms with E-state index >= 15 is 0 Å². The van der Waals surface area contributed by atoms with Gasteiger partial charge in [-0.15, -0.1) is 0 Å². The number of halogens is 2. The molecule has 0 bridgehead atoms. The summed E-state index contributed by atoms with van der Waals surface area (Å²) in [5, 5.41) is 4.84. The topological polar surface area (TPSA) is 63.5 Å². The number of aromatic nitrogens is 3. The molecule has 2 aromatic heterocycles. The van der Waals surface area contributed by atoms with Crippen LogP contribution in [0.4, 0.5) is 25.2 Å². The van der Waals surface area contributed by atoms with Crippen molar-refractivity contribution in [1.82, 2.24) is 19.7 Å². The number of rotatable bonds is 4. The molecule has 1 aliphatic heterocycles. The van der Waals surface area contributed by atoms with Crippen molar-refractivity contribution in [3.05, 3.63) is 34.6 Å². The van der Waals surface area contributed by atoms with Gasteiger partial charge in [0.1, 0.15) is 5.82 Å². The first-order valence-electron chi connectivity index (χ1n) is 9.82. The molecule has 0 atom stereocenters. The van der Waals surface area contributed by atoms with Crippen LogP contribution in [0.15, 0.2) is 12.3 Å². The van der Waals surface area contributed by atoms with Gasteiger partial charge in [-0.05, 0) is 37.8 Å². The molecular weight excluding hydrogens is 380 g/mol. The molecule has 2 aromatic rings. The van der Waals surface area contributed by atoms with Crippen LogP contribution < -0.4 is 4.90 Å². The number of hydrogen-bond donors (Lipinski definition) is 0. The number of carbonyl (C=O) groups is 1. The Morgan fingerprint density at radius 2 is 2.14 bits per heavy atom. The molecular formula is C20H25F2N5O2. The van der Waals surface area contributed by atoms with E-state index in [-0.39, 0.29) is 11.7 Å². The largest absolute Gasteiger partial charge is 0.453 e. The monoisotopic (exact) mass is 405 g/mol. The lowest BCUT2D eigenvalue weighted by atomic mass is 9.92. The summed E-state index contributed by atoms with van der Waals surface area (Å²) < 4.78 is 33.7. The Morgan fingerprint density at radius 3 is 2.76 bits per heavy atom. The number of hydrogen-bond acceptors (Lipinski definition) is 5. The molecule has 7 nitrogen and oxygen atoms in total. The number of amides is 1. The van der Waals surface area contributed by atoms with Crippen molar-refractivity contribution in [2.45, 2.75) is 51.6 Å². The molecule has 4 rings (SSSR count). The summed E-state index contributed by atoms with van der Waals surface area (Å²) in [6.07, 6.45) is 2.53. The van der Waals surface area contributed by atoms with Gasteiger partial charge in [-0.3, -0.25) is 4.68 Å². The maximum atomic E-state index is 13.4. The first-order chi connectivity index (χ1) is 13.9. The van der Waals surface area contributed by atoms with Crippen LogP contribution in [0.5, 0.6) is 0 Å². The van der Waals surface area contributed by atoms with E-state index in [4.69, 9.17) is 9.84 Å². The van der Waals surface area contributed by atoms with Gasteiger partial charge in [0.15, 0.2) is 5.82 Å². The molecule has 29 heavy (non-hydrogen) atoms. The molecule has 156 valence electrons. The van der Waals surface area contributed by atoms with Crippen LogP contribution in [0.2, 0.25) is 0 Å². The Kier molecular flexibility index (Phi) is 5.14. The van der Waals surface area contributed by atoms with E-state index in [0.29, 0.717) is 42.8 Å². The molecule has 1 aliphatic carbocycles. The summed E-state index contributed by atoms with van der Waals surface area (Å²) in [6, 6.07) is 1.77. The Morgan fingerprint density at radius 1 is 1.38 bits per heavy atom. The predicted octanol–water partition coefficient (Wildman–Crippen LogP) is 4.14. The Bertz CT molecular complexity index is 926. The van der Waals surface area contributed by atoms with Gasteiger partial charge in [0, 0.05) is 43.0 Å². The van der Waals surface area contributed by atoms with Crippen LogP contribution >= 0.6 is 0 Å². The number of fused-ring (bicyclic) bond motifs is 1. The summed E-state index contributed by atoms with van der Waals surface area (Å²) >= 11 is 0. The summed E-state index contributed by atoms with van der Waals surface area (Å²) in [5.41, 5.74) is 2.45. The predicted molar refractivity (Wildman–Crippen MR) is 104 cm³/mol. The molecule has 1 amide bonds. The number of methoxy groups -OCH3 is 1. The van der Waals surface area contributed by atoms with Crippen molar-refractivity contribution in [3.63, 3.8) is 0 Å². The first-order valence-corrected chi connectivity index (χ1v) is 9.82. The summed E-state index contributed by atoms with van der Waals surface area (Å²) in [7, 11) is 3.14. The number of pyridine rings is 1. The van der Waals surface area contributed by atoms with Crippen molar-refractivity contribution in [3.8, 4) is 0 Å². The minimum Gasteiger partial charge on any atom is -0.453 e. The fraction of sp³-hybridized carbons (Fsp3) is 0.550. The highest BCUT2D eigenvalue weighted by Crippen LogP contribution is 2.39. The Labute approximate surface area is 168 Å². The van der Waals surface area contributed by atoms with Crippen molar-refractivity contribution < 1.29 is 18.3 Å². The minimum atomic E-state index is -2.57. The van der Waals surface area contributed by atoms with Crippen LogP contribution in [0, 0.1) is 6.92 Å². The van der Waals surface area contributed by atoms with Gasteiger partial charge in [-0.1, -0.05) is 0 Å². The number of alkyl halides is 2. The molecule has 0 unspecified atom stereocenters. The second-order valence-electron chi connectivity index (χ2n) is 7.68. The molecule has 2 aliphatic rings. The number of nitrogens with zero attached hydrogens (tertiary/aromatic N) is 5. The third-order valence-electron chi connectivity index (χ3n) is 5.95. The minimum absolute atomic E-state index is 0.0367. The zero-order valence-electron chi connectivity index (χ0n) is 16.9. The van der Waals surface area contributed by atoms with Crippen molar-refractivity contribution in [1.29, 1.82) is 0 Å². The SMILES string of the molecule is COC(=O)N1CCc2c(c(N(C)c3cc(C(F)F)c(C)cn3)nn2C2CCC2)C1. The second-order valence-corrected chi connectivity index (χ2v) is 7.68. The zero-order chi connectivity index (χ0) is 20.7. The van der Waals surface area contributed by atoms with E-state index in [2.05, 4.69) is 9.67 Å². The second kappa shape index (κ2) is 7.61. The molecule has 0 aromatic carbocycles. The molecule has 1 fully saturated rings. The number of ether oxygens (including phenoxy) is 1. The molecule has 1 saturated carbocycles. The normalized spacial score (nSPS) is 16.6. The van der Waals surface area contributed by atoms with E-state index in [0.717, 1.165) is 24.1 Å². The van der Waals surface area contributed by atoms with Gasteiger partial charge in [0.05, 0.1) is 19.7 Å². The third-order valence-corrected chi connectivity index (χ3v) is 5.95. The first kappa shape index (κ1) is 19.6.